The molecule has 0 aliphatic rings. The Hall–Kier alpha value is -1.40. The van der Waals surface area contributed by atoms with Crippen molar-refractivity contribution in [3.8, 4) is 0 Å². The molecule has 0 aliphatic heterocycles. The van der Waals surface area contributed by atoms with Gasteiger partial charge in [-0.15, -0.1) is 0 Å². The van der Waals surface area contributed by atoms with E-state index in [1.165, 1.54) is 24.3 Å². The van der Waals surface area contributed by atoms with Crippen LogP contribution in [0.25, 0.3) is 0 Å². The Morgan fingerprint density at radius 2 is 1.82 bits per heavy atom. The molecule has 17 heavy (non-hydrogen) atoms. The fourth-order valence-electron chi connectivity index (χ4n) is 1.37. The van der Waals surface area contributed by atoms with Crippen LogP contribution in [0.4, 0.5) is 0 Å². The summed E-state index contributed by atoms with van der Waals surface area (Å²) in [5.74, 6) is -1.04. The molecule has 0 bridgehead atoms. The fraction of sp³-hybridized carbons (Fsp3) is 0.364. The maximum Gasteiger partial charge on any atom is 0.335 e. The highest BCUT2D eigenvalue weighted by Crippen LogP contribution is 2.09. The predicted octanol–water partition coefficient (Wildman–Crippen LogP) is 0.648. The van der Waals surface area contributed by atoms with E-state index in [0.29, 0.717) is 18.5 Å². The summed E-state index contributed by atoms with van der Waals surface area (Å²) in [5.41, 5.74) is 5.99. The minimum Gasteiger partial charge on any atom is -0.478 e. The summed E-state index contributed by atoms with van der Waals surface area (Å²) in [6, 6.07) is 5.83. The summed E-state index contributed by atoms with van der Waals surface area (Å²) in [4.78, 5) is 10.6. The van der Waals surface area contributed by atoms with E-state index in [2.05, 4.69) is 0 Å². The number of carboxylic acid groups (broad SMARTS) is 1. The highest BCUT2D eigenvalue weighted by Gasteiger charge is 2.11. The second-order valence-electron chi connectivity index (χ2n) is 3.74. The Balaban J connectivity index is 2.72. The second-order valence-corrected chi connectivity index (χ2v) is 5.92. The van der Waals surface area contributed by atoms with E-state index in [9.17, 15) is 13.2 Å². The average Bonchev–Trinajstić information content (AvgIpc) is 2.26. The maximum absolute atomic E-state index is 11.6. The summed E-state index contributed by atoms with van der Waals surface area (Å²) in [6.45, 7) is 0.344. The second kappa shape index (κ2) is 5.79. The molecule has 0 radical (unpaired) electrons. The number of sulfone groups is 1. The van der Waals surface area contributed by atoms with Crippen LogP contribution in [-0.2, 0) is 15.6 Å². The van der Waals surface area contributed by atoms with Crippen LogP contribution in [0, 0.1) is 0 Å². The van der Waals surface area contributed by atoms with Gasteiger partial charge >= 0.3 is 5.97 Å². The highest BCUT2D eigenvalue weighted by molar-refractivity contribution is 7.90. The van der Waals surface area contributed by atoms with Gasteiger partial charge in [0, 0.05) is 0 Å². The van der Waals surface area contributed by atoms with Gasteiger partial charge in [0.05, 0.1) is 17.1 Å². The third kappa shape index (κ3) is 4.54. The van der Waals surface area contributed by atoms with Gasteiger partial charge in [0.2, 0.25) is 0 Å². The van der Waals surface area contributed by atoms with Crippen molar-refractivity contribution in [1.82, 2.24) is 0 Å². The van der Waals surface area contributed by atoms with Gasteiger partial charge < -0.3 is 10.8 Å². The van der Waals surface area contributed by atoms with Crippen molar-refractivity contribution in [3.05, 3.63) is 35.4 Å². The lowest BCUT2D eigenvalue weighted by Crippen LogP contribution is -2.13. The lowest BCUT2D eigenvalue weighted by molar-refractivity contribution is 0.0697. The number of carboxylic acids is 1. The van der Waals surface area contributed by atoms with Crippen molar-refractivity contribution >= 4 is 15.8 Å². The summed E-state index contributed by atoms with van der Waals surface area (Å²) >= 11 is 0. The maximum atomic E-state index is 11.6. The molecule has 94 valence electrons. The standard InChI is InChI=1S/C11H15NO4S/c12-6-1-7-17(15,16)8-9-2-4-10(5-3-9)11(13)14/h2-5H,1,6-8,12H2,(H,13,14). The van der Waals surface area contributed by atoms with Crippen LogP contribution in [-0.4, -0.2) is 31.8 Å². The first-order chi connectivity index (χ1) is 7.94. The monoisotopic (exact) mass is 257 g/mol. The van der Waals surface area contributed by atoms with E-state index in [-0.39, 0.29) is 17.1 Å². The third-order valence-electron chi connectivity index (χ3n) is 2.25. The number of hydrogen-bond acceptors (Lipinski definition) is 4. The molecule has 0 fully saturated rings. The zero-order valence-electron chi connectivity index (χ0n) is 9.30. The SMILES string of the molecule is NCCCS(=O)(=O)Cc1ccc(C(=O)O)cc1. The normalized spacial score (nSPS) is 11.4. The van der Waals surface area contributed by atoms with E-state index >= 15 is 0 Å². The van der Waals surface area contributed by atoms with Gasteiger partial charge in [0.15, 0.2) is 9.84 Å². The predicted molar refractivity (Wildman–Crippen MR) is 64.6 cm³/mol. The van der Waals surface area contributed by atoms with Crippen LogP contribution in [0.1, 0.15) is 22.3 Å². The Kier molecular flexibility index (Phi) is 4.65. The molecule has 0 aromatic heterocycles. The molecule has 5 nitrogen and oxygen atoms in total. The molecule has 1 rings (SSSR count). The molecule has 0 amide bonds. The van der Waals surface area contributed by atoms with E-state index in [1.807, 2.05) is 0 Å². The van der Waals surface area contributed by atoms with Gasteiger partial charge in [-0.1, -0.05) is 12.1 Å². The van der Waals surface area contributed by atoms with E-state index < -0.39 is 15.8 Å². The van der Waals surface area contributed by atoms with Gasteiger partial charge in [-0.25, -0.2) is 13.2 Å². The van der Waals surface area contributed by atoms with Gasteiger partial charge in [-0.2, -0.15) is 0 Å². The summed E-state index contributed by atoms with van der Waals surface area (Å²) < 4.78 is 23.2. The lowest BCUT2D eigenvalue weighted by atomic mass is 10.1. The molecule has 0 saturated carbocycles. The van der Waals surface area contributed by atoms with Crippen LogP contribution in [0.3, 0.4) is 0 Å². The molecule has 6 heteroatoms. The Morgan fingerprint density at radius 1 is 1.24 bits per heavy atom. The molecule has 0 spiro atoms. The van der Waals surface area contributed by atoms with Crippen molar-refractivity contribution in [1.29, 1.82) is 0 Å². The van der Waals surface area contributed by atoms with Crippen molar-refractivity contribution < 1.29 is 18.3 Å². The van der Waals surface area contributed by atoms with Crippen molar-refractivity contribution in [3.63, 3.8) is 0 Å². The zero-order chi connectivity index (χ0) is 12.9. The quantitative estimate of drug-likeness (QED) is 0.779. The van der Waals surface area contributed by atoms with Crippen LogP contribution in [0.15, 0.2) is 24.3 Å². The topological polar surface area (TPSA) is 97.5 Å². The summed E-state index contributed by atoms with van der Waals surface area (Å²) in [7, 11) is -3.16. The van der Waals surface area contributed by atoms with E-state index in [4.69, 9.17) is 10.8 Å². The van der Waals surface area contributed by atoms with Gasteiger partial charge in [0.25, 0.3) is 0 Å². The number of nitrogens with two attached hydrogens (primary N) is 1. The van der Waals surface area contributed by atoms with Crippen LogP contribution in [0.5, 0.6) is 0 Å². The van der Waals surface area contributed by atoms with Crippen LogP contribution in [0.2, 0.25) is 0 Å². The molecule has 3 N–H and O–H groups in total. The fourth-order valence-corrected chi connectivity index (χ4v) is 2.82. The van der Waals surface area contributed by atoms with Gasteiger partial charge in [-0.3, -0.25) is 0 Å². The van der Waals surface area contributed by atoms with Gasteiger partial charge in [-0.05, 0) is 30.7 Å². The highest BCUT2D eigenvalue weighted by atomic mass is 32.2. The van der Waals surface area contributed by atoms with E-state index in [0.717, 1.165) is 0 Å². The summed E-state index contributed by atoms with van der Waals surface area (Å²) in [5, 5.41) is 8.69. The Labute approximate surface area is 100 Å². The minimum atomic E-state index is -3.16. The average molecular weight is 257 g/mol. The molecule has 1 aromatic rings. The van der Waals surface area contributed by atoms with Crippen molar-refractivity contribution in [2.45, 2.75) is 12.2 Å². The number of aromatic carboxylic acids is 1. The smallest absolute Gasteiger partial charge is 0.335 e. The van der Waals surface area contributed by atoms with Crippen LogP contribution >= 0.6 is 0 Å². The number of rotatable bonds is 6. The molecular formula is C11H15NO4S. The molecule has 1 aromatic carbocycles. The van der Waals surface area contributed by atoms with Gasteiger partial charge in [0.1, 0.15) is 0 Å². The lowest BCUT2D eigenvalue weighted by Gasteiger charge is -2.04. The summed E-state index contributed by atoms with van der Waals surface area (Å²) in [6.07, 6.45) is 0.440. The van der Waals surface area contributed by atoms with E-state index in [1.54, 1.807) is 0 Å². The molecule has 0 heterocycles. The largest absolute Gasteiger partial charge is 0.478 e. The zero-order valence-corrected chi connectivity index (χ0v) is 10.1. The molecular weight excluding hydrogens is 242 g/mol. The third-order valence-corrected chi connectivity index (χ3v) is 3.93. The minimum absolute atomic E-state index is 0.0597. The number of benzene rings is 1. The first-order valence-electron chi connectivity index (χ1n) is 5.17. The van der Waals surface area contributed by atoms with Crippen LogP contribution < -0.4 is 5.73 Å². The molecule has 0 aliphatic carbocycles. The molecule has 0 atom stereocenters. The molecule has 0 unspecified atom stereocenters. The number of carbonyl (C=O) groups is 1. The number of hydrogen-bond donors (Lipinski definition) is 2. The first kappa shape index (κ1) is 13.7. The molecule has 0 saturated heterocycles. The Morgan fingerprint density at radius 3 is 2.29 bits per heavy atom. The first-order valence-corrected chi connectivity index (χ1v) is 6.99. The van der Waals surface area contributed by atoms with Crippen molar-refractivity contribution in [2.75, 3.05) is 12.3 Å². The Bertz CT molecular complexity index is 479. The van der Waals surface area contributed by atoms with Crippen molar-refractivity contribution in [2.24, 2.45) is 5.73 Å².